The van der Waals surface area contributed by atoms with Gasteiger partial charge in [0, 0.05) is 0 Å². The highest BCUT2D eigenvalue weighted by molar-refractivity contribution is 5.68. The van der Waals surface area contributed by atoms with E-state index in [1.165, 1.54) is 0 Å². The van der Waals surface area contributed by atoms with Gasteiger partial charge in [0.25, 0.3) is 0 Å². The molecule has 0 aliphatic rings. The zero-order chi connectivity index (χ0) is 11.0. The highest BCUT2D eigenvalue weighted by atomic mass is 35.7. The Morgan fingerprint density at radius 3 is 2.21 bits per heavy atom. The van der Waals surface area contributed by atoms with Crippen molar-refractivity contribution in [3.05, 3.63) is 0 Å². The molecule has 0 spiro atoms. The zero-order valence-corrected chi connectivity index (χ0v) is 8.92. The van der Waals surface area contributed by atoms with Crippen LogP contribution in [0.25, 0.3) is 0 Å². The van der Waals surface area contributed by atoms with E-state index in [4.69, 9.17) is 0 Å². The molecular formula is C8H15ClO5. The minimum atomic E-state index is -4.61. The third kappa shape index (κ3) is 9.73. The molecule has 84 valence electrons. The zero-order valence-electron chi connectivity index (χ0n) is 8.16. The topological polar surface area (TPSA) is 95.5 Å². The van der Waals surface area contributed by atoms with Gasteiger partial charge in [0.2, 0.25) is 0 Å². The van der Waals surface area contributed by atoms with Crippen molar-refractivity contribution in [1.29, 1.82) is 0 Å². The van der Waals surface area contributed by atoms with E-state index in [-0.39, 0.29) is 6.42 Å². The van der Waals surface area contributed by atoms with Crippen LogP contribution in [0.1, 0.15) is 45.4 Å². The molecule has 0 atom stereocenters. The molecule has 0 unspecified atom stereocenters. The lowest BCUT2D eigenvalue weighted by atomic mass is 10.1. The van der Waals surface area contributed by atoms with Gasteiger partial charge in [-0.15, -0.1) is 0 Å². The molecule has 0 aliphatic heterocycles. The Balaban J connectivity index is 3.36. The van der Waals surface area contributed by atoms with Crippen LogP contribution in [0.15, 0.2) is 0 Å². The Kier molecular flexibility index (Phi) is 6.82. The third-order valence-corrected chi connectivity index (χ3v) is 2.03. The van der Waals surface area contributed by atoms with E-state index in [0.29, 0.717) is 6.42 Å². The maximum absolute atomic E-state index is 10.7. The number of unbranched alkanes of at least 4 members (excludes halogenated alkanes) is 4. The molecule has 0 saturated heterocycles. The van der Waals surface area contributed by atoms with Crippen LogP contribution in [0, 0.1) is 10.2 Å². The molecule has 14 heavy (non-hydrogen) atoms. The molecule has 0 aliphatic carbocycles. The summed E-state index contributed by atoms with van der Waals surface area (Å²) in [6, 6.07) is 0. The summed E-state index contributed by atoms with van der Waals surface area (Å²) in [4.78, 5) is 10.7. The maximum atomic E-state index is 10.7. The number of carbonyl (C=O) groups is 1. The summed E-state index contributed by atoms with van der Waals surface area (Å²) in [5.41, 5.74) is 0. The molecular weight excluding hydrogens is 212 g/mol. The average molecular weight is 227 g/mol. The first-order chi connectivity index (χ1) is 6.45. The van der Waals surface area contributed by atoms with Crippen molar-refractivity contribution in [2.24, 2.45) is 0 Å². The molecule has 5 nitrogen and oxygen atoms in total. The summed E-state index contributed by atoms with van der Waals surface area (Å²) >= 11 is 0. The largest absolute Gasteiger partial charge is 0.463 e. The van der Waals surface area contributed by atoms with E-state index in [1.807, 2.05) is 0 Å². The number of hydrogen-bond donors (Lipinski definition) is 0. The van der Waals surface area contributed by atoms with Gasteiger partial charge in [0.1, 0.15) is 10.2 Å². The Morgan fingerprint density at radius 2 is 1.71 bits per heavy atom. The minimum absolute atomic E-state index is 0.0157. The fraction of sp³-hybridized carbons (Fsp3) is 0.875. The van der Waals surface area contributed by atoms with Gasteiger partial charge in [0.15, 0.2) is 0 Å². The predicted octanol–water partition coefficient (Wildman–Crippen LogP) is -1.21. The molecule has 0 N–H and O–H groups in total. The molecule has 0 aromatic rings. The lowest BCUT2D eigenvalue weighted by Gasteiger charge is -2.10. The van der Waals surface area contributed by atoms with Crippen molar-refractivity contribution in [1.82, 2.24) is 0 Å². The first kappa shape index (κ1) is 13.6. The van der Waals surface area contributed by atoms with Gasteiger partial charge in [-0.05, 0) is 10.7 Å². The lowest BCUT2D eigenvalue weighted by molar-refractivity contribution is -1.92. The van der Waals surface area contributed by atoms with Crippen molar-refractivity contribution < 1.29 is 33.3 Å². The van der Waals surface area contributed by atoms with Crippen LogP contribution in [-0.2, 0) is 9.08 Å². The smallest absolute Gasteiger partial charge is 0.234 e. The second-order valence-electron chi connectivity index (χ2n) is 2.99. The van der Waals surface area contributed by atoms with Crippen LogP contribution in [-0.4, -0.2) is 5.97 Å². The highest BCUT2D eigenvalue weighted by Crippen LogP contribution is 2.06. The Labute approximate surface area is 85.4 Å². The summed E-state index contributed by atoms with van der Waals surface area (Å²) in [6.45, 7) is 2.07. The molecule has 0 aromatic carbocycles. The Hall–Kier alpha value is -0.360. The van der Waals surface area contributed by atoms with Crippen LogP contribution in [0.4, 0.5) is 0 Å². The maximum Gasteiger partial charge on any atom is 0.463 e. The number of carbonyl (C=O) groups excluding carboxylic acids is 1. The van der Waals surface area contributed by atoms with E-state index < -0.39 is 16.2 Å². The normalized spacial score (nSPS) is 11.4. The van der Waals surface area contributed by atoms with Crippen LogP contribution in [0.3, 0.4) is 0 Å². The average Bonchev–Trinajstić information content (AvgIpc) is 2.00. The van der Waals surface area contributed by atoms with E-state index >= 15 is 0 Å². The van der Waals surface area contributed by atoms with Crippen LogP contribution in [0.2, 0.25) is 0 Å². The first-order valence-corrected chi connectivity index (χ1v) is 5.82. The second kappa shape index (κ2) is 7.00. The number of halogens is 1. The van der Waals surface area contributed by atoms with Crippen LogP contribution < -0.4 is 14.0 Å². The minimum Gasteiger partial charge on any atom is -0.234 e. The molecule has 6 heteroatoms. The fourth-order valence-corrected chi connectivity index (χ4v) is 1.30. The molecule has 0 fully saturated rings. The van der Waals surface area contributed by atoms with Gasteiger partial charge in [0.05, 0.1) is 6.42 Å². The molecule has 0 amide bonds. The van der Waals surface area contributed by atoms with Gasteiger partial charge < -0.3 is 0 Å². The summed E-state index contributed by atoms with van der Waals surface area (Å²) < 4.78 is 33.4. The predicted molar refractivity (Wildman–Crippen MR) is 39.5 cm³/mol. The van der Waals surface area contributed by atoms with Crippen molar-refractivity contribution in [3.63, 3.8) is 0 Å². The van der Waals surface area contributed by atoms with Gasteiger partial charge in [-0.2, -0.15) is 14.0 Å². The third-order valence-electron chi connectivity index (χ3n) is 1.66. The summed E-state index contributed by atoms with van der Waals surface area (Å²) in [5, 5.41) is 0. The van der Waals surface area contributed by atoms with Crippen LogP contribution in [0.5, 0.6) is 0 Å². The second-order valence-corrected chi connectivity index (χ2v) is 3.90. The molecule has 0 radical (unpaired) electrons. The first-order valence-electron chi connectivity index (χ1n) is 4.59. The van der Waals surface area contributed by atoms with Crippen molar-refractivity contribution in [2.75, 3.05) is 0 Å². The van der Waals surface area contributed by atoms with Crippen molar-refractivity contribution >= 4 is 5.97 Å². The van der Waals surface area contributed by atoms with Gasteiger partial charge >= 0.3 is 5.97 Å². The summed E-state index contributed by atoms with van der Waals surface area (Å²) in [6.07, 6.45) is 4.58. The molecule has 0 bridgehead atoms. The summed E-state index contributed by atoms with van der Waals surface area (Å²) in [7, 11) is -4.61. The number of hydrogen-bond acceptors (Lipinski definition) is 5. The molecule has 0 saturated carbocycles. The molecule has 0 rings (SSSR count). The Morgan fingerprint density at radius 1 is 1.14 bits per heavy atom. The van der Waals surface area contributed by atoms with Gasteiger partial charge in [-0.1, -0.05) is 32.6 Å². The standard InChI is InChI=1S/C8H15ClO5/c1-2-3-4-5-6-7-8(10)14-9(11,12)13/h2-7H2,1H3. The van der Waals surface area contributed by atoms with E-state index in [1.54, 1.807) is 0 Å². The fourth-order valence-electron chi connectivity index (χ4n) is 1.02. The van der Waals surface area contributed by atoms with E-state index in [2.05, 4.69) is 11.2 Å². The number of rotatable bonds is 7. The molecule has 0 heterocycles. The van der Waals surface area contributed by atoms with Gasteiger partial charge in [-0.25, -0.2) is 4.79 Å². The molecule has 0 aromatic heterocycles. The Bertz CT molecular complexity index is 166. The SMILES string of the molecule is CCCCCCCC(=O)O[Cl+3]([O-])([O-])[O-]. The van der Waals surface area contributed by atoms with Crippen LogP contribution >= 0.6 is 0 Å². The van der Waals surface area contributed by atoms with E-state index in [9.17, 15) is 18.8 Å². The lowest BCUT2D eigenvalue weighted by Crippen LogP contribution is -2.61. The van der Waals surface area contributed by atoms with Crippen molar-refractivity contribution in [2.45, 2.75) is 45.4 Å². The monoisotopic (exact) mass is 226 g/mol. The van der Waals surface area contributed by atoms with E-state index in [0.717, 1.165) is 25.7 Å². The summed E-state index contributed by atoms with van der Waals surface area (Å²) in [5.74, 6) is -0.974. The highest BCUT2D eigenvalue weighted by Gasteiger charge is 2.24. The van der Waals surface area contributed by atoms with Crippen molar-refractivity contribution in [3.8, 4) is 0 Å². The quantitative estimate of drug-likeness (QED) is 0.508. The van der Waals surface area contributed by atoms with Gasteiger partial charge in [-0.3, -0.25) is 0 Å².